The van der Waals surface area contributed by atoms with Crippen molar-refractivity contribution in [2.24, 2.45) is 11.7 Å². The predicted molar refractivity (Wildman–Crippen MR) is 83.3 cm³/mol. The van der Waals surface area contributed by atoms with Gasteiger partial charge in [0.25, 0.3) is 5.91 Å². The molecule has 0 aliphatic carbocycles. The monoisotopic (exact) mass is 301 g/mol. The van der Waals surface area contributed by atoms with E-state index in [1.807, 2.05) is 27.7 Å². The summed E-state index contributed by atoms with van der Waals surface area (Å²) < 4.78 is 0. The van der Waals surface area contributed by atoms with Crippen LogP contribution in [0.1, 0.15) is 53.4 Å². The molecule has 0 unspecified atom stereocenters. The number of likely N-dealkylation sites (N-methyl/N-ethyl adjacent to an activating group) is 1. The van der Waals surface area contributed by atoms with Crippen LogP contribution in [0.15, 0.2) is 0 Å². The maximum atomic E-state index is 12.3. The molecule has 0 saturated heterocycles. The zero-order valence-electron chi connectivity index (χ0n) is 14.0. The summed E-state index contributed by atoms with van der Waals surface area (Å²) in [6.07, 6.45) is 3.01. The number of amides is 2. The van der Waals surface area contributed by atoms with Gasteiger partial charge < -0.3 is 11.1 Å². The van der Waals surface area contributed by atoms with Crippen LogP contribution >= 0.6 is 0 Å². The lowest BCUT2D eigenvalue weighted by Crippen LogP contribution is -2.52. The summed E-state index contributed by atoms with van der Waals surface area (Å²) in [5, 5.41) is 4.03. The van der Waals surface area contributed by atoms with Crippen molar-refractivity contribution in [1.29, 1.82) is 0 Å². The number of hydrogen-bond donors (Lipinski definition) is 2. The first kappa shape index (κ1) is 19.9. The van der Waals surface area contributed by atoms with Crippen LogP contribution in [-0.4, -0.2) is 42.6 Å². The Balaban J connectivity index is 4.75. The maximum Gasteiger partial charge on any atom is 0.268 e. The SMILES string of the molecule is CCCC[C@H](NC(=O)[C@@H](N)CC(C)C)C(=O)N(CC)OC. The topological polar surface area (TPSA) is 84.7 Å². The molecule has 0 aromatic heterocycles. The van der Waals surface area contributed by atoms with Crippen LogP contribution in [0, 0.1) is 5.92 Å². The molecule has 2 atom stereocenters. The first-order valence-corrected chi connectivity index (χ1v) is 7.78. The van der Waals surface area contributed by atoms with Crippen LogP contribution in [0.3, 0.4) is 0 Å². The van der Waals surface area contributed by atoms with Crippen molar-refractivity contribution in [2.75, 3.05) is 13.7 Å². The summed E-state index contributed by atoms with van der Waals surface area (Å²) in [5.74, 6) is -0.162. The van der Waals surface area contributed by atoms with Gasteiger partial charge >= 0.3 is 0 Å². The number of hydrogen-bond acceptors (Lipinski definition) is 4. The number of hydroxylamine groups is 2. The van der Waals surface area contributed by atoms with Crippen LogP contribution < -0.4 is 11.1 Å². The second-order valence-corrected chi connectivity index (χ2v) is 5.65. The van der Waals surface area contributed by atoms with Gasteiger partial charge in [-0.25, -0.2) is 5.06 Å². The minimum Gasteiger partial charge on any atom is -0.343 e. The average molecular weight is 301 g/mol. The highest BCUT2D eigenvalue weighted by atomic mass is 16.7. The van der Waals surface area contributed by atoms with E-state index in [0.717, 1.165) is 12.8 Å². The highest BCUT2D eigenvalue weighted by molar-refractivity contribution is 5.89. The molecule has 0 aliphatic heterocycles. The van der Waals surface area contributed by atoms with Gasteiger partial charge in [-0.05, 0) is 25.7 Å². The second-order valence-electron chi connectivity index (χ2n) is 5.65. The number of nitrogens with zero attached hydrogens (tertiary/aromatic N) is 1. The standard InChI is InChI=1S/C15H31N3O3/c1-6-8-9-13(15(20)18(7-2)21-5)17-14(19)12(16)10-11(3)4/h11-13H,6-10,16H2,1-5H3,(H,17,19)/t12-,13-/m0/s1. The molecule has 2 amide bonds. The highest BCUT2D eigenvalue weighted by Crippen LogP contribution is 2.08. The first-order valence-electron chi connectivity index (χ1n) is 7.78. The van der Waals surface area contributed by atoms with Crippen LogP contribution in [0.25, 0.3) is 0 Å². The first-order chi connectivity index (χ1) is 9.87. The number of nitrogens with one attached hydrogen (secondary N) is 1. The van der Waals surface area contributed by atoms with Crippen molar-refractivity contribution in [3.63, 3.8) is 0 Å². The highest BCUT2D eigenvalue weighted by Gasteiger charge is 2.27. The number of carbonyl (C=O) groups excluding carboxylic acids is 2. The minimum atomic E-state index is -0.584. The Hall–Kier alpha value is -1.14. The summed E-state index contributed by atoms with van der Waals surface area (Å²) in [7, 11) is 1.45. The van der Waals surface area contributed by atoms with Crippen molar-refractivity contribution in [2.45, 2.75) is 65.5 Å². The van der Waals surface area contributed by atoms with E-state index >= 15 is 0 Å². The molecule has 0 bridgehead atoms. The van der Waals surface area contributed by atoms with Crippen LogP contribution in [0.4, 0.5) is 0 Å². The quantitative estimate of drug-likeness (QED) is 0.598. The normalized spacial score (nSPS) is 13.9. The number of unbranched alkanes of at least 4 members (excludes halogenated alkanes) is 1. The molecule has 6 heteroatoms. The molecule has 0 rings (SSSR count). The van der Waals surface area contributed by atoms with Gasteiger partial charge in [0, 0.05) is 6.54 Å². The Morgan fingerprint density at radius 1 is 1.29 bits per heavy atom. The lowest BCUT2D eigenvalue weighted by molar-refractivity contribution is -0.177. The summed E-state index contributed by atoms with van der Waals surface area (Å²) in [6.45, 7) is 8.32. The van der Waals surface area contributed by atoms with Gasteiger partial charge in [-0.3, -0.25) is 14.4 Å². The van der Waals surface area contributed by atoms with E-state index < -0.39 is 12.1 Å². The van der Waals surface area contributed by atoms with Crippen molar-refractivity contribution < 1.29 is 14.4 Å². The minimum absolute atomic E-state index is 0.224. The van der Waals surface area contributed by atoms with Gasteiger partial charge in [-0.1, -0.05) is 33.6 Å². The van der Waals surface area contributed by atoms with Gasteiger partial charge in [0.05, 0.1) is 13.2 Å². The third-order valence-electron chi connectivity index (χ3n) is 3.28. The molecular formula is C15H31N3O3. The molecule has 0 aromatic carbocycles. The van der Waals surface area contributed by atoms with Gasteiger partial charge in [0.15, 0.2) is 0 Å². The van der Waals surface area contributed by atoms with Gasteiger partial charge in [0.2, 0.25) is 5.91 Å². The summed E-state index contributed by atoms with van der Waals surface area (Å²) in [5.41, 5.74) is 5.87. The van der Waals surface area contributed by atoms with Gasteiger partial charge in [-0.2, -0.15) is 0 Å². The molecule has 124 valence electrons. The Labute approximate surface area is 128 Å². The number of nitrogens with two attached hydrogens (primary N) is 1. The van der Waals surface area contributed by atoms with Crippen molar-refractivity contribution in [3.8, 4) is 0 Å². The van der Waals surface area contributed by atoms with Crippen molar-refractivity contribution in [1.82, 2.24) is 10.4 Å². The van der Waals surface area contributed by atoms with E-state index in [-0.39, 0.29) is 11.8 Å². The van der Waals surface area contributed by atoms with E-state index in [9.17, 15) is 9.59 Å². The molecule has 21 heavy (non-hydrogen) atoms. The Morgan fingerprint density at radius 2 is 1.90 bits per heavy atom. The van der Waals surface area contributed by atoms with E-state index in [2.05, 4.69) is 5.32 Å². The average Bonchev–Trinajstić information content (AvgIpc) is 2.43. The van der Waals surface area contributed by atoms with Gasteiger partial charge in [0.1, 0.15) is 6.04 Å². The predicted octanol–water partition coefficient (Wildman–Crippen LogP) is 1.44. The molecule has 0 spiro atoms. The number of carbonyl (C=O) groups is 2. The largest absolute Gasteiger partial charge is 0.343 e. The second kappa shape index (κ2) is 10.6. The van der Waals surface area contributed by atoms with Gasteiger partial charge in [-0.15, -0.1) is 0 Å². The number of rotatable bonds is 10. The molecular weight excluding hydrogens is 270 g/mol. The Morgan fingerprint density at radius 3 is 2.33 bits per heavy atom. The molecule has 0 saturated carbocycles. The van der Waals surface area contributed by atoms with Crippen LogP contribution in [0.2, 0.25) is 0 Å². The fraction of sp³-hybridized carbons (Fsp3) is 0.867. The molecule has 0 heterocycles. The molecule has 3 N–H and O–H groups in total. The van der Waals surface area contributed by atoms with E-state index in [1.54, 1.807) is 0 Å². The van der Waals surface area contributed by atoms with Crippen LogP contribution in [0.5, 0.6) is 0 Å². The third kappa shape index (κ3) is 7.43. The molecule has 6 nitrogen and oxygen atoms in total. The molecule has 0 fully saturated rings. The summed E-state index contributed by atoms with van der Waals surface area (Å²) in [4.78, 5) is 29.5. The Kier molecular flexibility index (Phi) is 9.99. The third-order valence-corrected chi connectivity index (χ3v) is 3.28. The summed E-state index contributed by atoms with van der Waals surface area (Å²) in [6, 6.07) is -1.16. The maximum absolute atomic E-state index is 12.3. The fourth-order valence-corrected chi connectivity index (χ4v) is 2.11. The smallest absolute Gasteiger partial charge is 0.268 e. The lowest BCUT2D eigenvalue weighted by atomic mass is 10.0. The molecule has 0 aliphatic rings. The fourth-order valence-electron chi connectivity index (χ4n) is 2.11. The van der Waals surface area contributed by atoms with Crippen molar-refractivity contribution in [3.05, 3.63) is 0 Å². The zero-order valence-corrected chi connectivity index (χ0v) is 14.0. The van der Waals surface area contributed by atoms with E-state index in [1.165, 1.54) is 12.2 Å². The Bertz CT molecular complexity index is 317. The molecule has 0 radical (unpaired) electrons. The van der Waals surface area contributed by atoms with Crippen molar-refractivity contribution >= 4 is 11.8 Å². The molecule has 0 aromatic rings. The lowest BCUT2D eigenvalue weighted by Gasteiger charge is -2.26. The zero-order chi connectivity index (χ0) is 16.4. The van der Waals surface area contributed by atoms with Crippen LogP contribution in [-0.2, 0) is 14.4 Å². The van der Waals surface area contributed by atoms with E-state index in [0.29, 0.717) is 25.3 Å². The summed E-state index contributed by atoms with van der Waals surface area (Å²) >= 11 is 0. The van der Waals surface area contributed by atoms with E-state index in [4.69, 9.17) is 10.6 Å².